The highest BCUT2D eigenvalue weighted by Gasteiger charge is 2.61. The molecule has 0 saturated heterocycles. The molecule has 1 heterocycles. The molecule has 1 aromatic carbocycles. The zero-order valence-corrected chi connectivity index (χ0v) is 11.8. The second kappa shape index (κ2) is 5.84. The lowest BCUT2D eigenvalue weighted by Crippen LogP contribution is -2.49. The number of benzene rings is 1. The predicted molar refractivity (Wildman–Crippen MR) is 70.9 cm³/mol. The van der Waals surface area contributed by atoms with Gasteiger partial charge in [0, 0.05) is 16.8 Å². The van der Waals surface area contributed by atoms with Crippen molar-refractivity contribution in [2.45, 2.75) is 17.8 Å². The molecule has 10 heteroatoms. The molecule has 0 fully saturated rings. The molecule has 0 amide bonds. The van der Waals surface area contributed by atoms with Crippen LogP contribution in [0.2, 0.25) is 0 Å². The fourth-order valence-corrected chi connectivity index (χ4v) is 2.47. The molecule has 1 N–H and O–H groups in total. The molecule has 24 heavy (non-hydrogen) atoms. The van der Waals surface area contributed by atoms with Crippen LogP contribution in [0.15, 0.2) is 42.6 Å². The van der Waals surface area contributed by atoms with Crippen molar-refractivity contribution >= 4 is 0 Å². The molecule has 0 radical (unpaired) electrons. The lowest BCUT2D eigenvalue weighted by molar-refractivity contribution is -0.498. The summed E-state index contributed by atoms with van der Waals surface area (Å²) < 4.78 is 79.1. The summed E-state index contributed by atoms with van der Waals surface area (Å²) >= 11 is 0. The van der Waals surface area contributed by atoms with Gasteiger partial charge in [0.25, 0.3) is 0 Å². The van der Waals surface area contributed by atoms with Crippen LogP contribution in [-0.4, -0.2) is 22.6 Å². The van der Waals surface area contributed by atoms with Crippen LogP contribution in [0.1, 0.15) is 16.8 Å². The number of alkyl halides is 6. The first kappa shape index (κ1) is 17.8. The highest BCUT2D eigenvalue weighted by molar-refractivity contribution is 5.40. The number of halogens is 6. The number of rotatable bonds is 4. The van der Waals surface area contributed by atoms with Crippen LogP contribution in [-0.2, 0) is 11.6 Å². The van der Waals surface area contributed by atoms with Gasteiger partial charge in [0.05, 0.1) is 5.56 Å². The zero-order valence-electron chi connectivity index (χ0n) is 11.8. The fraction of sp³-hybridized carbons (Fsp3) is 0.286. The Kier molecular flexibility index (Phi) is 4.34. The summed E-state index contributed by atoms with van der Waals surface area (Å²) in [4.78, 5) is 12.0. The summed E-state index contributed by atoms with van der Waals surface area (Å²) in [6.45, 7) is -1.55. The number of hydrogen-bond acceptors (Lipinski definition) is 2. The first-order valence-electron chi connectivity index (χ1n) is 6.48. The standard InChI is InChI=1S/C14H10F6N2O2/c15-13(16,17)10-5-3-9(4-6-10)12(8-22(23)24,14(18,19)20)11-2-1-7-21-11/h1-7,21H,8H2/t12-/m0/s1. The average molecular weight is 352 g/mol. The van der Waals surface area contributed by atoms with Crippen molar-refractivity contribution < 1.29 is 31.3 Å². The van der Waals surface area contributed by atoms with Gasteiger partial charge < -0.3 is 4.98 Å². The molecular formula is C14H10F6N2O2. The van der Waals surface area contributed by atoms with Crippen molar-refractivity contribution in [3.8, 4) is 0 Å². The highest BCUT2D eigenvalue weighted by atomic mass is 19.4. The first-order valence-corrected chi connectivity index (χ1v) is 6.48. The van der Waals surface area contributed by atoms with Crippen molar-refractivity contribution in [3.05, 3.63) is 69.5 Å². The van der Waals surface area contributed by atoms with Gasteiger partial charge in [-0.25, -0.2) is 0 Å². The maximum atomic E-state index is 13.8. The second-order valence-electron chi connectivity index (χ2n) is 5.05. The van der Waals surface area contributed by atoms with Crippen molar-refractivity contribution in [1.82, 2.24) is 4.98 Å². The third-order valence-electron chi connectivity index (χ3n) is 3.61. The molecule has 130 valence electrons. The summed E-state index contributed by atoms with van der Waals surface area (Å²) in [5, 5.41) is 10.9. The molecule has 4 nitrogen and oxygen atoms in total. The van der Waals surface area contributed by atoms with E-state index in [1.54, 1.807) is 0 Å². The Morgan fingerprint density at radius 1 is 0.958 bits per heavy atom. The van der Waals surface area contributed by atoms with E-state index in [4.69, 9.17) is 0 Å². The normalized spacial score (nSPS) is 15.1. The quantitative estimate of drug-likeness (QED) is 0.510. The SMILES string of the molecule is O=[N+]([O-])C[C@](c1ccc(C(F)(F)F)cc1)(c1ccc[nH]1)C(F)(F)F. The Balaban J connectivity index is 2.68. The number of H-pyrrole nitrogens is 1. The first-order chi connectivity index (χ1) is 11.0. The van der Waals surface area contributed by atoms with E-state index in [0.29, 0.717) is 24.3 Å². The summed E-state index contributed by atoms with van der Waals surface area (Å²) in [7, 11) is 0. The van der Waals surface area contributed by atoms with Crippen LogP contribution in [0, 0.1) is 10.1 Å². The Hall–Kier alpha value is -2.52. The minimum Gasteiger partial charge on any atom is -0.364 e. The van der Waals surface area contributed by atoms with E-state index < -0.39 is 46.1 Å². The third-order valence-corrected chi connectivity index (χ3v) is 3.61. The molecule has 2 aromatic rings. The minimum atomic E-state index is -5.11. The molecule has 0 aliphatic heterocycles. The van der Waals surface area contributed by atoms with Gasteiger partial charge >= 0.3 is 12.4 Å². The van der Waals surface area contributed by atoms with Crippen LogP contribution in [0.25, 0.3) is 0 Å². The van der Waals surface area contributed by atoms with Crippen LogP contribution in [0.3, 0.4) is 0 Å². The fourth-order valence-electron chi connectivity index (χ4n) is 2.47. The molecule has 0 spiro atoms. The summed E-state index contributed by atoms with van der Waals surface area (Å²) in [6.07, 6.45) is -8.68. The Labute approximate surface area is 131 Å². The van der Waals surface area contributed by atoms with Gasteiger partial charge in [-0.2, -0.15) is 26.3 Å². The Bertz CT molecular complexity index is 706. The Morgan fingerprint density at radius 3 is 1.88 bits per heavy atom. The summed E-state index contributed by atoms with van der Waals surface area (Å²) in [5.74, 6) is 0. The van der Waals surface area contributed by atoms with Gasteiger partial charge in [-0.15, -0.1) is 0 Å². The number of hydrogen-bond donors (Lipinski definition) is 1. The topological polar surface area (TPSA) is 58.9 Å². The Morgan fingerprint density at radius 2 is 1.50 bits per heavy atom. The molecule has 1 atom stereocenters. The predicted octanol–water partition coefficient (Wildman–Crippen LogP) is 4.16. The number of nitrogens with zero attached hydrogens (tertiary/aromatic N) is 1. The lowest BCUT2D eigenvalue weighted by atomic mass is 9.76. The number of nitro groups is 1. The molecular weight excluding hydrogens is 342 g/mol. The molecule has 1 aromatic heterocycles. The van der Waals surface area contributed by atoms with Crippen molar-refractivity contribution in [1.29, 1.82) is 0 Å². The largest absolute Gasteiger partial charge is 0.416 e. The van der Waals surface area contributed by atoms with Gasteiger partial charge in [-0.3, -0.25) is 10.1 Å². The summed E-state index contributed by atoms with van der Waals surface area (Å²) in [6, 6.07) is 4.40. The van der Waals surface area contributed by atoms with E-state index in [1.807, 2.05) is 0 Å². The number of aromatic nitrogens is 1. The number of aromatic amines is 1. The molecule has 0 aliphatic rings. The van der Waals surface area contributed by atoms with Gasteiger partial charge in [0.15, 0.2) is 5.41 Å². The van der Waals surface area contributed by atoms with Crippen LogP contribution >= 0.6 is 0 Å². The van der Waals surface area contributed by atoms with E-state index in [2.05, 4.69) is 4.98 Å². The summed E-state index contributed by atoms with van der Waals surface area (Å²) in [5.41, 5.74) is -5.40. The maximum Gasteiger partial charge on any atom is 0.416 e. The van der Waals surface area contributed by atoms with E-state index in [0.717, 1.165) is 12.3 Å². The average Bonchev–Trinajstić information content (AvgIpc) is 2.96. The van der Waals surface area contributed by atoms with Crippen molar-refractivity contribution in [2.24, 2.45) is 0 Å². The zero-order chi connectivity index (χ0) is 18.2. The minimum absolute atomic E-state index is 0.471. The van der Waals surface area contributed by atoms with Crippen molar-refractivity contribution in [2.75, 3.05) is 6.54 Å². The maximum absolute atomic E-state index is 13.8. The van der Waals surface area contributed by atoms with E-state index >= 15 is 0 Å². The third kappa shape index (κ3) is 3.08. The lowest BCUT2D eigenvalue weighted by Gasteiger charge is -2.32. The monoisotopic (exact) mass is 352 g/mol. The van der Waals surface area contributed by atoms with E-state index in [-0.39, 0.29) is 0 Å². The van der Waals surface area contributed by atoms with Gasteiger partial charge in [-0.1, -0.05) is 12.1 Å². The highest BCUT2D eigenvalue weighted by Crippen LogP contribution is 2.46. The van der Waals surface area contributed by atoms with Crippen LogP contribution in [0.5, 0.6) is 0 Å². The van der Waals surface area contributed by atoms with Gasteiger partial charge in [0.2, 0.25) is 6.54 Å². The van der Waals surface area contributed by atoms with Gasteiger partial charge in [-0.05, 0) is 29.8 Å². The van der Waals surface area contributed by atoms with E-state index in [9.17, 15) is 36.5 Å². The smallest absolute Gasteiger partial charge is 0.364 e. The molecule has 0 unspecified atom stereocenters. The van der Waals surface area contributed by atoms with Gasteiger partial charge in [0.1, 0.15) is 0 Å². The van der Waals surface area contributed by atoms with Crippen LogP contribution < -0.4 is 0 Å². The molecule has 2 rings (SSSR count). The second-order valence-corrected chi connectivity index (χ2v) is 5.05. The molecule has 0 bridgehead atoms. The van der Waals surface area contributed by atoms with Crippen molar-refractivity contribution in [3.63, 3.8) is 0 Å². The van der Waals surface area contributed by atoms with E-state index in [1.165, 1.54) is 6.07 Å². The molecule has 0 aliphatic carbocycles. The molecule has 0 saturated carbocycles. The van der Waals surface area contributed by atoms with Crippen LogP contribution in [0.4, 0.5) is 26.3 Å². The number of nitrogens with one attached hydrogen (secondary N) is 1.